The van der Waals surface area contributed by atoms with E-state index in [0.717, 1.165) is 22.4 Å². The summed E-state index contributed by atoms with van der Waals surface area (Å²) in [5, 5.41) is 0.632. The fraction of sp³-hybridized carbons (Fsp3) is 0.440. The predicted molar refractivity (Wildman–Crippen MR) is 121 cm³/mol. The van der Waals surface area contributed by atoms with E-state index < -0.39 is 30.3 Å². The highest BCUT2D eigenvalue weighted by Gasteiger charge is 2.42. The van der Waals surface area contributed by atoms with Gasteiger partial charge in [-0.3, -0.25) is 9.59 Å². The molecule has 4 atom stereocenters. The number of rotatable bonds is 7. The molecule has 1 unspecified atom stereocenters. The van der Waals surface area contributed by atoms with Crippen LogP contribution in [0.25, 0.3) is 0 Å². The standard InChI is InChI=1S/C25H29ClO6/c1-5-29-21-9-6-18(7-10-21)13-20-14-19(8-11-22(20)26)24-25(32-17(4)28)23(31-16(3)27)12-15(2)30-24/h6-11,14-15,23-25H,5,12-13H2,1-4H3/t15-,23+,24?,25-/m1/s1. The van der Waals surface area contributed by atoms with Gasteiger partial charge in [0.25, 0.3) is 0 Å². The molecule has 0 amide bonds. The number of ether oxygens (including phenoxy) is 4. The van der Waals surface area contributed by atoms with Crippen LogP contribution in [0.15, 0.2) is 42.5 Å². The second kappa shape index (κ2) is 10.8. The van der Waals surface area contributed by atoms with Crippen LogP contribution in [-0.4, -0.2) is 36.9 Å². The molecular weight excluding hydrogens is 432 g/mol. The van der Waals surface area contributed by atoms with E-state index in [1.165, 1.54) is 13.8 Å². The molecular formula is C25H29ClO6. The lowest BCUT2D eigenvalue weighted by atomic mass is 9.91. The first-order valence-electron chi connectivity index (χ1n) is 10.8. The highest BCUT2D eigenvalue weighted by atomic mass is 35.5. The topological polar surface area (TPSA) is 71.1 Å². The Hall–Kier alpha value is -2.57. The molecule has 32 heavy (non-hydrogen) atoms. The monoisotopic (exact) mass is 460 g/mol. The summed E-state index contributed by atoms with van der Waals surface area (Å²) in [4.78, 5) is 23.4. The third-order valence-electron chi connectivity index (χ3n) is 5.25. The van der Waals surface area contributed by atoms with Crippen LogP contribution in [0.3, 0.4) is 0 Å². The van der Waals surface area contributed by atoms with E-state index >= 15 is 0 Å². The third kappa shape index (κ3) is 6.24. The van der Waals surface area contributed by atoms with Crippen LogP contribution < -0.4 is 4.74 Å². The predicted octanol–water partition coefficient (Wildman–Crippen LogP) is 5.04. The molecule has 6 nitrogen and oxygen atoms in total. The van der Waals surface area contributed by atoms with Gasteiger partial charge in [-0.25, -0.2) is 0 Å². The van der Waals surface area contributed by atoms with Gasteiger partial charge in [0.1, 0.15) is 18.0 Å². The normalized spacial score (nSPS) is 22.8. The number of hydrogen-bond acceptors (Lipinski definition) is 6. The van der Waals surface area contributed by atoms with Gasteiger partial charge in [0.05, 0.1) is 12.7 Å². The van der Waals surface area contributed by atoms with E-state index in [9.17, 15) is 9.59 Å². The van der Waals surface area contributed by atoms with Crippen molar-refractivity contribution in [1.82, 2.24) is 0 Å². The SMILES string of the molecule is CCOc1ccc(Cc2cc(C3O[C@H](C)C[C@H](OC(C)=O)[C@H]3OC(C)=O)ccc2Cl)cc1. The number of halogens is 1. The van der Waals surface area contributed by atoms with E-state index in [4.69, 9.17) is 30.5 Å². The molecule has 1 fully saturated rings. The van der Waals surface area contributed by atoms with E-state index in [2.05, 4.69) is 0 Å². The number of esters is 2. The smallest absolute Gasteiger partial charge is 0.303 e. The van der Waals surface area contributed by atoms with E-state index in [1.54, 1.807) is 0 Å². The molecule has 1 saturated heterocycles. The summed E-state index contributed by atoms with van der Waals surface area (Å²) in [7, 11) is 0. The highest BCUT2D eigenvalue weighted by Crippen LogP contribution is 2.37. The Morgan fingerprint density at radius 2 is 1.75 bits per heavy atom. The van der Waals surface area contributed by atoms with Crippen molar-refractivity contribution in [2.24, 2.45) is 0 Å². The molecule has 7 heteroatoms. The van der Waals surface area contributed by atoms with Gasteiger partial charge in [0.15, 0.2) is 6.10 Å². The summed E-state index contributed by atoms with van der Waals surface area (Å²) in [6.07, 6.45) is -1.03. The van der Waals surface area contributed by atoms with Crippen LogP contribution in [0.4, 0.5) is 0 Å². The Kier molecular flexibility index (Phi) is 8.15. The average molecular weight is 461 g/mol. The van der Waals surface area contributed by atoms with Crippen molar-refractivity contribution in [2.45, 2.75) is 65.0 Å². The number of hydrogen-bond donors (Lipinski definition) is 0. The summed E-state index contributed by atoms with van der Waals surface area (Å²) in [5.41, 5.74) is 2.81. The quantitative estimate of drug-likeness (QED) is 0.539. The molecule has 0 aliphatic carbocycles. The molecule has 0 N–H and O–H groups in total. The molecule has 172 valence electrons. The van der Waals surface area contributed by atoms with Crippen molar-refractivity contribution in [1.29, 1.82) is 0 Å². The Bertz CT molecular complexity index is 942. The van der Waals surface area contributed by atoms with Gasteiger partial charge in [0.2, 0.25) is 0 Å². The second-order valence-electron chi connectivity index (χ2n) is 7.93. The van der Waals surface area contributed by atoms with Crippen molar-refractivity contribution in [3.63, 3.8) is 0 Å². The number of carbonyl (C=O) groups excluding carboxylic acids is 2. The van der Waals surface area contributed by atoms with Crippen LogP contribution in [0, 0.1) is 0 Å². The zero-order chi connectivity index (χ0) is 23.3. The zero-order valence-corrected chi connectivity index (χ0v) is 19.6. The molecule has 2 aromatic rings. The maximum Gasteiger partial charge on any atom is 0.303 e. The van der Waals surface area contributed by atoms with Gasteiger partial charge in [-0.15, -0.1) is 0 Å². The fourth-order valence-corrected chi connectivity index (χ4v) is 4.15. The average Bonchev–Trinajstić information content (AvgIpc) is 2.72. The minimum atomic E-state index is -0.743. The molecule has 0 aromatic heterocycles. The van der Waals surface area contributed by atoms with Crippen molar-refractivity contribution in [3.8, 4) is 5.75 Å². The highest BCUT2D eigenvalue weighted by molar-refractivity contribution is 6.31. The largest absolute Gasteiger partial charge is 0.494 e. The molecule has 2 aromatic carbocycles. The van der Waals surface area contributed by atoms with Crippen LogP contribution in [0.1, 0.15) is 56.9 Å². The minimum Gasteiger partial charge on any atom is -0.494 e. The Balaban J connectivity index is 1.89. The van der Waals surface area contributed by atoms with Gasteiger partial charge < -0.3 is 18.9 Å². The van der Waals surface area contributed by atoms with Crippen molar-refractivity contribution >= 4 is 23.5 Å². The molecule has 1 aliphatic rings. The summed E-state index contributed by atoms with van der Waals surface area (Å²) in [6.45, 7) is 7.15. The molecule has 0 spiro atoms. The second-order valence-corrected chi connectivity index (χ2v) is 8.34. The first kappa shape index (κ1) is 24.1. The van der Waals surface area contributed by atoms with Crippen LogP contribution in [0.2, 0.25) is 5.02 Å². The summed E-state index contributed by atoms with van der Waals surface area (Å²) in [6, 6.07) is 13.5. The lowest BCUT2D eigenvalue weighted by Gasteiger charge is -2.40. The molecule has 1 aliphatic heterocycles. The molecule has 0 saturated carbocycles. The lowest BCUT2D eigenvalue weighted by Crippen LogP contribution is -2.47. The maximum absolute atomic E-state index is 11.8. The maximum atomic E-state index is 11.8. The van der Waals surface area contributed by atoms with Crippen molar-refractivity contribution < 1.29 is 28.5 Å². The first-order chi connectivity index (χ1) is 15.3. The number of carbonyl (C=O) groups is 2. The Morgan fingerprint density at radius 1 is 1.06 bits per heavy atom. The Morgan fingerprint density at radius 3 is 2.38 bits per heavy atom. The summed E-state index contributed by atoms with van der Waals surface area (Å²) in [5.74, 6) is -0.0624. The minimum absolute atomic E-state index is 0.179. The van der Waals surface area contributed by atoms with Crippen LogP contribution >= 0.6 is 11.6 Å². The summed E-state index contributed by atoms with van der Waals surface area (Å²) >= 11 is 6.49. The van der Waals surface area contributed by atoms with Crippen molar-refractivity contribution in [3.05, 3.63) is 64.2 Å². The van der Waals surface area contributed by atoms with E-state index in [1.807, 2.05) is 56.3 Å². The van der Waals surface area contributed by atoms with Gasteiger partial charge >= 0.3 is 11.9 Å². The van der Waals surface area contributed by atoms with Crippen LogP contribution in [-0.2, 0) is 30.2 Å². The molecule has 0 bridgehead atoms. The molecule has 1 heterocycles. The first-order valence-corrected chi connectivity index (χ1v) is 11.1. The molecule has 3 rings (SSSR count). The lowest BCUT2D eigenvalue weighted by molar-refractivity contribution is -0.206. The summed E-state index contributed by atoms with van der Waals surface area (Å²) < 4.78 is 22.7. The van der Waals surface area contributed by atoms with E-state index in [-0.39, 0.29) is 6.10 Å². The van der Waals surface area contributed by atoms with Gasteiger partial charge in [0, 0.05) is 25.3 Å². The Labute approximate surface area is 193 Å². The third-order valence-corrected chi connectivity index (χ3v) is 5.62. The van der Waals surface area contributed by atoms with Crippen molar-refractivity contribution in [2.75, 3.05) is 6.61 Å². The van der Waals surface area contributed by atoms with Gasteiger partial charge in [-0.1, -0.05) is 35.9 Å². The fourth-order valence-electron chi connectivity index (χ4n) is 3.96. The number of benzene rings is 2. The van der Waals surface area contributed by atoms with Gasteiger partial charge in [-0.05, 0) is 55.2 Å². The van der Waals surface area contributed by atoms with Crippen LogP contribution in [0.5, 0.6) is 5.75 Å². The molecule has 0 radical (unpaired) electrons. The van der Waals surface area contributed by atoms with E-state index in [0.29, 0.717) is 24.5 Å². The van der Waals surface area contributed by atoms with Gasteiger partial charge in [-0.2, -0.15) is 0 Å². The zero-order valence-electron chi connectivity index (χ0n) is 18.8.